The molecule has 6 heteroatoms. The third-order valence-electron chi connectivity index (χ3n) is 1.57. The molecule has 0 aromatic carbocycles. The monoisotopic (exact) mass is 232 g/mol. The first-order valence-corrected chi connectivity index (χ1v) is 5.72. The molecule has 0 rings (SSSR count). The van der Waals surface area contributed by atoms with Crippen LogP contribution in [0.2, 0.25) is 0 Å². The van der Waals surface area contributed by atoms with E-state index < -0.39 is 5.91 Å². The fraction of sp³-hybridized carbons (Fsp3) is 0.667. The zero-order valence-electron chi connectivity index (χ0n) is 8.91. The normalized spacial score (nSPS) is 11.9. The van der Waals surface area contributed by atoms with E-state index in [1.807, 2.05) is 0 Å². The van der Waals surface area contributed by atoms with Crippen molar-refractivity contribution in [3.05, 3.63) is 0 Å². The summed E-state index contributed by atoms with van der Waals surface area (Å²) < 4.78 is 0. The number of amides is 2. The van der Waals surface area contributed by atoms with E-state index in [2.05, 4.69) is 5.32 Å². The number of Topliss-reactive ketones (excluding diaryl/α,β-unsaturated/α-hetero) is 1. The highest BCUT2D eigenvalue weighted by Gasteiger charge is 2.13. The second kappa shape index (κ2) is 7.28. The van der Waals surface area contributed by atoms with Crippen LogP contribution in [0.4, 0.5) is 0 Å². The molecule has 3 N–H and O–H groups in total. The van der Waals surface area contributed by atoms with Gasteiger partial charge in [-0.1, -0.05) is 6.92 Å². The number of nitrogens with two attached hydrogens (primary N) is 1. The Morgan fingerprint density at radius 1 is 1.40 bits per heavy atom. The van der Waals surface area contributed by atoms with Gasteiger partial charge < -0.3 is 11.1 Å². The molecule has 1 atom stereocenters. The van der Waals surface area contributed by atoms with Gasteiger partial charge in [0.2, 0.25) is 11.8 Å². The standard InChI is InChI=1S/C9H16N2O3S/c1-6(4-15-5-8(10)13)9(14)11-3-7(2)12/h6H,3-5H2,1-2H3,(H2,10,13)(H,11,14)/t6-/m0/s1. The maximum absolute atomic E-state index is 11.3. The van der Waals surface area contributed by atoms with Crippen molar-refractivity contribution in [3.8, 4) is 0 Å². The Balaban J connectivity index is 3.69. The third kappa shape index (κ3) is 7.99. The second-order valence-corrected chi connectivity index (χ2v) is 4.33. The lowest BCUT2D eigenvalue weighted by atomic mass is 10.2. The van der Waals surface area contributed by atoms with Crippen molar-refractivity contribution < 1.29 is 14.4 Å². The van der Waals surface area contributed by atoms with Gasteiger partial charge in [0.1, 0.15) is 5.78 Å². The maximum Gasteiger partial charge on any atom is 0.227 e. The molecular formula is C9H16N2O3S. The van der Waals surface area contributed by atoms with Gasteiger partial charge in [-0.2, -0.15) is 11.8 Å². The van der Waals surface area contributed by atoms with E-state index in [0.717, 1.165) is 0 Å². The van der Waals surface area contributed by atoms with Crippen LogP contribution >= 0.6 is 11.8 Å². The van der Waals surface area contributed by atoms with Crippen molar-refractivity contribution in [3.63, 3.8) is 0 Å². The summed E-state index contributed by atoms with van der Waals surface area (Å²) in [6.07, 6.45) is 0. The highest BCUT2D eigenvalue weighted by molar-refractivity contribution is 7.99. The van der Waals surface area contributed by atoms with Gasteiger partial charge in [0, 0.05) is 11.7 Å². The molecule has 0 aliphatic rings. The number of nitrogens with one attached hydrogen (secondary N) is 1. The average Bonchev–Trinajstić information content (AvgIpc) is 2.13. The minimum absolute atomic E-state index is 0.0592. The number of rotatable bonds is 7. The number of ketones is 1. The van der Waals surface area contributed by atoms with Gasteiger partial charge >= 0.3 is 0 Å². The average molecular weight is 232 g/mol. The summed E-state index contributed by atoms with van der Waals surface area (Å²) in [5.41, 5.74) is 4.95. The molecule has 0 aromatic rings. The van der Waals surface area contributed by atoms with Crippen molar-refractivity contribution in [1.82, 2.24) is 5.32 Å². The molecule has 0 saturated heterocycles. The van der Waals surface area contributed by atoms with Crippen molar-refractivity contribution in [2.24, 2.45) is 11.7 Å². The van der Waals surface area contributed by atoms with Crippen molar-refractivity contribution in [1.29, 1.82) is 0 Å². The highest BCUT2D eigenvalue weighted by atomic mass is 32.2. The summed E-state index contributed by atoms with van der Waals surface area (Å²) in [6.45, 7) is 3.21. The van der Waals surface area contributed by atoms with Crippen LogP contribution in [0.5, 0.6) is 0 Å². The lowest BCUT2D eigenvalue weighted by Crippen LogP contribution is -2.33. The van der Waals surface area contributed by atoms with E-state index in [-0.39, 0.29) is 29.9 Å². The Morgan fingerprint density at radius 3 is 2.47 bits per heavy atom. The molecular weight excluding hydrogens is 216 g/mol. The molecule has 0 aliphatic heterocycles. The molecule has 0 radical (unpaired) electrons. The largest absolute Gasteiger partial charge is 0.369 e. The first-order chi connectivity index (χ1) is 6.93. The van der Waals surface area contributed by atoms with E-state index in [1.165, 1.54) is 18.7 Å². The SMILES string of the molecule is CC(=O)CNC(=O)[C@@H](C)CSCC(N)=O. The van der Waals surface area contributed by atoms with E-state index in [0.29, 0.717) is 5.75 Å². The molecule has 0 unspecified atom stereocenters. The fourth-order valence-corrected chi connectivity index (χ4v) is 1.62. The first kappa shape index (κ1) is 14.0. The van der Waals surface area contributed by atoms with Crippen molar-refractivity contribution in [2.45, 2.75) is 13.8 Å². The van der Waals surface area contributed by atoms with Crippen LogP contribution in [-0.2, 0) is 14.4 Å². The number of carbonyl (C=O) groups excluding carboxylic acids is 3. The van der Waals surface area contributed by atoms with Crippen LogP contribution in [0.1, 0.15) is 13.8 Å². The molecule has 0 saturated carbocycles. The van der Waals surface area contributed by atoms with Gasteiger partial charge in [-0.15, -0.1) is 0 Å². The minimum atomic E-state index is -0.392. The lowest BCUT2D eigenvalue weighted by molar-refractivity contribution is -0.126. The molecule has 2 amide bonds. The summed E-state index contributed by atoms with van der Waals surface area (Å²) in [5.74, 6) is -0.149. The first-order valence-electron chi connectivity index (χ1n) is 4.56. The van der Waals surface area contributed by atoms with E-state index in [4.69, 9.17) is 5.73 Å². The zero-order valence-corrected chi connectivity index (χ0v) is 9.73. The van der Waals surface area contributed by atoms with Gasteiger partial charge in [0.15, 0.2) is 0 Å². The number of primary amides is 1. The number of hydrogen-bond donors (Lipinski definition) is 2. The Bertz CT molecular complexity index is 256. The van der Waals surface area contributed by atoms with Crippen LogP contribution < -0.4 is 11.1 Å². The van der Waals surface area contributed by atoms with Gasteiger partial charge in [-0.3, -0.25) is 14.4 Å². The lowest BCUT2D eigenvalue weighted by Gasteiger charge is -2.10. The topological polar surface area (TPSA) is 89.3 Å². The van der Waals surface area contributed by atoms with Crippen LogP contribution in [0, 0.1) is 5.92 Å². The van der Waals surface area contributed by atoms with Crippen LogP contribution in [0.25, 0.3) is 0 Å². The predicted octanol–water partition coefficient (Wildman–Crippen LogP) is -0.454. The Kier molecular flexibility index (Phi) is 6.77. The van der Waals surface area contributed by atoms with Crippen molar-refractivity contribution in [2.75, 3.05) is 18.1 Å². The molecule has 0 fully saturated rings. The zero-order chi connectivity index (χ0) is 11.8. The molecule has 15 heavy (non-hydrogen) atoms. The van der Waals surface area contributed by atoms with Gasteiger partial charge in [-0.25, -0.2) is 0 Å². The van der Waals surface area contributed by atoms with Crippen molar-refractivity contribution >= 4 is 29.4 Å². The number of thioether (sulfide) groups is 1. The molecule has 5 nitrogen and oxygen atoms in total. The quantitative estimate of drug-likeness (QED) is 0.622. The summed E-state index contributed by atoms with van der Waals surface area (Å²) >= 11 is 1.31. The third-order valence-corrected chi connectivity index (χ3v) is 2.80. The highest BCUT2D eigenvalue weighted by Crippen LogP contribution is 2.07. The Hall–Kier alpha value is -1.04. The molecule has 0 heterocycles. The minimum Gasteiger partial charge on any atom is -0.369 e. The van der Waals surface area contributed by atoms with E-state index in [1.54, 1.807) is 6.92 Å². The molecule has 0 bridgehead atoms. The van der Waals surface area contributed by atoms with E-state index in [9.17, 15) is 14.4 Å². The van der Waals surface area contributed by atoms with E-state index >= 15 is 0 Å². The van der Waals surface area contributed by atoms with Crippen LogP contribution in [0.15, 0.2) is 0 Å². The molecule has 0 aromatic heterocycles. The molecule has 86 valence electrons. The van der Waals surface area contributed by atoms with Gasteiger partial charge in [0.05, 0.1) is 12.3 Å². The summed E-state index contributed by atoms with van der Waals surface area (Å²) in [5, 5.41) is 2.50. The van der Waals surface area contributed by atoms with Crippen LogP contribution in [0.3, 0.4) is 0 Å². The van der Waals surface area contributed by atoms with Gasteiger partial charge in [-0.05, 0) is 6.92 Å². The second-order valence-electron chi connectivity index (χ2n) is 3.30. The Morgan fingerprint density at radius 2 is 2.00 bits per heavy atom. The fourth-order valence-electron chi connectivity index (χ4n) is 0.798. The summed E-state index contributed by atoms with van der Waals surface area (Å²) in [6, 6.07) is 0. The molecule has 0 spiro atoms. The number of hydrogen-bond acceptors (Lipinski definition) is 4. The number of carbonyl (C=O) groups is 3. The Labute approximate surface area is 93.2 Å². The maximum atomic E-state index is 11.3. The van der Waals surface area contributed by atoms with Crippen LogP contribution in [-0.4, -0.2) is 35.6 Å². The predicted molar refractivity (Wildman–Crippen MR) is 59.4 cm³/mol. The summed E-state index contributed by atoms with van der Waals surface area (Å²) in [7, 11) is 0. The summed E-state index contributed by atoms with van der Waals surface area (Å²) in [4.78, 5) is 32.3. The smallest absolute Gasteiger partial charge is 0.227 e. The van der Waals surface area contributed by atoms with Gasteiger partial charge in [0.25, 0.3) is 0 Å². The molecule has 0 aliphatic carbocycles.